The molecule has 1 aliphatic rings. The quantitative estimate of drug-likeness (QED) is 0.883. The number of aromatic nitrogens is 1. The standard InChI is InChI=1S/C12H16N2O3S/c1-7-8(10(15)16)9(18-14-7)13-11(17)12(2)5-3-4-6-12/h3-6H2,1-2H3,(H,13,17)(H,15,16). The molecule has 0 radical (unpaired) electrons. The van der Waals surface area contributed by atoms with E-state index in [-0.39, 0.29) is 16.9 Å². The van der Waals surface area contributed by atoms with Gasteiger partial charge in [0.25, 0.3) is 0 Å². The fourth-order valence-corrected chi connectivity index (χ4v) is 3.13. The molecule has 6 heteroatoms. The molecule has 0 unspecified atom stereocenters. The molecule has 1 aromatic heterocycles. The molecule has 1 amide bonds. The van der Waals surface area contributed by atoms with Gasteiger partial charge < -0.3 is 10.4 Å². The van der Waals surface area contributed by atoms with E-state index in [1.54, 1.807) is 6.92 Å². The Bertz CT molecular complexity index is 490. The fourth-order valence-electron chi connectivity index (χ4n) is 2.34. The van der Waals surface area contributed by atoms with Gasteiger partial charge in [-0.05, 0) is 31.3 Å². The predicted octanol–water partition coefficient (Wildman–Crippen LogP) is 2.67. The molecule has 0 aromatic carbocycles. The number of nitrogens with zero attached hydrogens (tertiary/aromatic N) is 1. The Morgan fingerprint density at radius 1 is 1.39 bits per heavy atom. The number of aryl methyl sites for hydroxylation is 1. The maximum Gasteiger partial charge on any atom is 0.340 e. The first-order chi connectivity index (χ1) is 8.44. The SMILES string of the molecule is Cc1nsc(NC(=O)C2(C)CCCC2)c1C(=O)O. The summed E-state index contributed by atoms with van der Waals surface area (Å²) >= 11 is 1.03. The summed E-state index contributed by atoms with van der Waals surface area (Å²) in [5, 5.41) is 12.2. The van der Waals surface area contributed by atoms with Crippen molar-refractivity contribution in [3.05, 3.63) is 11.3 Å². The summed E-state index contributed by atoms with van der Waals surface area (Å²) in [6, 6.07) is 0. The molecule has 1 aromatic rings. The van der Waals surface area contributed by atoms with Crippen molar-refractivity contribution < 1.29 is 14.7 Å². The first kappa shape index (κ1) is 13.0. The van der Waals surface area contributed by atoms with Gasteiger partial charge in [-0.15, -0.1) is 0 Å². The number of carbonyl (C=O) groups excluding carboxylic acids is 1. The zero-order valence-corrected chi connectivity index (χ0v) is 11.3. The van der Waals surface area contributed by atoms with Gasteiger partial charge in [-0.25, -0.2) is 4.79 Å². The zero-order chi connectivity index (χ0) is 13.3. The minimum atomic E-state index is -1.05. The van der Waals surface area contributed by atoms with Crippen molar-refractivity contribution in [3.63, 3.8) is 0 Å². The van der Waals surface area contributed by atoms with Crippen molar-refractivity contribution in [2.75, 3.05) is 5.32 Å². The number of hydrogen-bond donors (Lipinski definition) is 2. The second-order valence-corrected chi connectivity index (χ2v) is 5.77. The number of aromatic carboxylic acids is 1. The van der Waals surface area contributed by atoms with Crippen molar-refractivity contribution >= 4 is 28.4 Å². The lowest BCUT2D eigenvalue weighted by Gasteiger charge is -2.21. The largest absolute Gasteiger partial charge is 0.478 e. The maximum atomic E-state index is 12.2. The van der Waals surface area contributed by atoms with Crippen molar-refractivity contribution in [2.24, 2.45) is 5.41 Å². The molecule has 2 rings (SSSR count). The molecular formula is C12H16N2O3S. The van der Waals surface area contributed by atoms with Crippen LogP contribution < -0.4 is 5.32 Å². The van der Waals surface area contributed by atoms with Gasteiger partial charge in [0.1, 0.15) is 10.6 Å². The second kappa shape index (κ2) is 4.68. The highest BCUT2D eigenvalue weighted by molar-refractivity contribution is 7.11. The number of amides is 1. The van der Waals surface area contributed by atoms with Crippen molar-refractivity contribution in [2.45, 2.75) is 39.5 Å². The van der Waals surface area contributed by atoms with Gasteiger partial charge in [0.05, 0.1) is 5.69 Å². The molecule has 1 heterocycles. The number of hydrogen-bond acceptors (Lipinski definition) is 4. The van der Waals surface area contributed by atoms with Gasteiger partial charge in [-0.2, -0.15) is 4.37 Å². The molecular weight excluding hydrogens is 252 g/mol. The molecule has 1 saturated carbocycles. The van der Waals surface area contributed by atoms with Crippen LogP contribution in [0.5, 0.6) is 0 Å². The molecule has 0 spiro atoms. The summed E-state index contributed by atoms with van der Waals surface area (Å²) < 4.78 is 3.99. The molecule has 2 N–H and O–H groups in total. The number of carboxylic acid groups (broad SMARTS) is 1. The van der Waals surface area contributed by atoms with Crippen LogP contribution >= 0.6 is 11.5 Å². The van der Waals surface area contributed by atoms with Crippen LogP contribution in [0.2, 0.25) is 0 Å². The summed E-state index contributed by atoms with van der Waals surface area (Å²) in [6.45, 7) is 3.57. The summed E-state index contributed by atoms with van der Waals surface area (Å²) in [4.78, 5) is 23.3. The Labute approximate surface area is 109 Å². The van der Waals surface area contributed by atoms with Crippen molar-refractivity contribution in [1.29, 1.82) is 0 Å². The van der Waals surface area contributed by atoms with Crippen LogP contribution in [-0.2, 0) is 4.79 Å². The predicted molar refractivity (Wildman–Crippen MR) is 69.0 cm³/mol. The number of rotatable bonds is 3. The lowest BCUT2D eigenvalue weighted by Crippen LogP contribution is -2.31. The minimum absolute atomic E-state index is 0.0915. The first-order valence-electron chi connectivity index (χ1n) is 5.95. The monoisotopic (exact) mass is 268 g/mol. The maximum absolute atomic E-state index is 12.2. The van der Waals surface area contributed by atoms with E-state index < -0.39 is 5.97 Å². The lowest BCUT2D eigenvalue weighted by molar-refractivity contribution is -0.124. The van der Waals surface area contributed by atoms with Crippen LogP contribution in [0.25, 0.3) is 0 Å². The summed E-state index contributed by atoms with van der Waals surface area (Å²) in [5.41, 5.74) is 0.183. The molecule has 1 aliphatic carbocycles. The minimum Gasteiger partial charge on any atom is -0.478 e. The Balaban J connectivity index is 2.19. The van der Waals surface area contributed by atoms with Crippen LogP contribution in [0.15, 0.2) is 0 Å². The van der Waals surface area contributed by atoms with E-state index >= 15 is 0 Å². The fraction of sp³-hybridized carbons (Fsp3) is 0.583. The highest BCUT2D eigenvalue weighted by atomic mass is 32.1. The van der Waals surface area contributed by atoms with Gasteiger partial charge in [0, 0.05) is 5.41 Å². The van der Waals surface area contributed by atoms with Crippen LogP contribution in [0, 0.1) is 12.3 Å². The molecule has 1 fully saturated rings. The van der Waals surface area contributed by atoms with Crippen LogP contribution in [0.1, 0.15) is 48.7 Å². The van der Waals surface area contributed by atoms with Crippen molar-refractivity contribution in [3.8, 4) is 0 Å². The topological polar surface area (TPSA) is 79.3 Å². The molecule has 0 bridgehead atoms. The highest BCUT2D eigenvalue weighted by Gasteiger charge is 2.37. The third-order valence-corrected chi connectivity index (χ3v) is 4.41. The normalized spacial score (nSPS) is 17.7. The molecule has 98 valence electrons. The van der Waals surface area contributed by atoms with E-state index in [4.69, 9.17) is 5.11 Å². The average Bonchev–Trinajstić information content (AvgIpc) is 2.86. The number of carboxylic acids is 1. The molecule has 0 atom stereocenters. The summed E-state index contributed by atoms with van der Waals surface area (Å²) in [7, 11) is 0. The van der Waals surface area contributed by atoms with Gasteiger partial charge in [0.2, 0.25) is 5.91 Å². The summed E-state index contributed by atoms with van der Waals surface area (Å²) in [6.07, 6.45) is 3.83. The summed E-state index contributed by atoms with van der Waals surface area (Å²) in [5.74, 6) is -1.14. The molecule has 5 nitrogen and oxygen atoms in total. The zero-order valence-electron chi connectivity index (χ0n) is 10.4. The van der Waals surface area contributed by atoms with Crippen LogP contribution in [-0.4, -0.2) is 21.4 Å². The van der Waals surface area contributed by atoms with E-state index in [0.717, 1.165) is 37.2 Å². The van der Waals surface area contributed by atoms with Crippen molar-refractivity contribution in [1.82, 2.24) is 4.37 Å². The third-order valence-electron chi connectivity index (χ3n) is 3.56. The third kappa shape index (κ3) is 2.25. The van der Waals surface area contributed by atoms with Gasteiger partial charge in [0.15, 0.2) is 0 Å². The molecule has 0 aliphatic heterocycles. The van der Waals surface area contributed by atoms with Crippen LogP contribution in [0.3, 0.4) is 0 Å². The second-order valence-electron chi connectivity index (χ2n) is 5.00. The van der Waals surface area contributed by atoms with E-state index in [1.807, 2.05) is 6.92 Å². The van der Waals surface area contributed by atoms with E-state index in [1.165, 1.54) is 0 Å². The number of nitrogens with one attached hydrogen (secondary N) is 1. The Morgan fingerprint density at radius 3 is 2.56 bits per heavy atom. The van der Waals surface area contributed by atoms with E-state index in [2.05, 4.69) is 9.69 Å². The van der Waals surface area contributed by atoms with E-state index in [9.17, 15) is 9.59 Å². The van der Waals surface area contributed by atoms with E-state index in [0.29, 0.717) is 10.7 Å². The first-order valence-corrected chi connectivity index (χ1v) is 6.72. The average molecular weight is 268 g/mol. The molecule has 18 heavy (non-hydrogen) atoms. The number of anilines is 1. The van der Waals surface area contributed by atoms with Gasteiger partial charge in [-0.1, -0.05) is 19.8 Å². The van der Waals surface area contributed by atoms with Gasteiger partial charge in [-0.3, -0.25) is 4.79 Å². The Kier molecular flexibility index (Phi) is 3.38. The smallest absolute Gasteiger partial charge is 0.340 e. The van der Waals surface area contributed by atoms with Crippen LogP contribution in [0.4, 0.5) is 5.00 Å². The number of carbonyl (C=O) groups is 2. The molecule has 0 saturated heterocycles. The van der Waals surface area contributed by atoms with Gasteiger partial charge >= 0.3 is 5.97 Å². The lowest BCUT2D eigenvalue weighted by atomic mass is 9.88. The Hall–Kier alpha value is -1.43. The highest BCUT2D eigenvalue weighted by Crippen LogP contribution is 2.39. The Morgan fingerprint density at radius 2 is 2.00 bits per heavy atom.